The summed E-state index contributed by atoms with van der Waals surface area (Å²) >= 11 is 0. The van der Waals surface area contributed by atoms with Gasteiger partial charge in [0.15, 0.2) is 0 Å². The minimum Gasteiger partial charge on any atom is -0.497 e. The molecule has 1 heterocycles. The Balaban J connectivity index is 1.51. The van der Waals surface area contributed by atoms with Crippen LogP contribution in [0.2, 0.25) is 0 Å². The highest BCUT2D eigenvalue weighted by Gasteiger charge is 2.33. The number of rotatable bonds is 9. The minimum absolute atomic E-state index is 0.0877. The quantitative estimate of drug-likeness (QED) is 0.575. The Morgan fingerprint density at radius 1 is 1.06 bits per heavy atom. The maximum Gasteiger partial charge on any atom is 0.243 e. The molecule has 2 aromatic carbocycles. The summed E-state index contributed by atoms with van der Waals surface area (Å²) in [6.45, 7) is 0.620. The van der Waals surface area contributed by atoms with Crippen LogP contribution < -0.4 is 20.1 Å². The summed E-state index contributed by atoms with van der Waals surface area (Å²) in [7, 11) is -0.672. The van der Waals surface area contributed by atoms with E-state index in [1.54, 1.807) is 36.4 Å². The topological polar surface area (TPSA) is 114 Å². The summed E-state index contributed by atoms with van der Waals surface area (Å²) in [5, 5.41) is 5.51. The van der Waals surface area contributed by atoms with Crippen LogP contribution in [0.5, 0.6) is 11.5 Å². The maximum absolute atomic E-state index is 13.0. The number of para-hydroxylation sites is 2. The van der Waals surface area contributed by atoms with Gasteiger partial charge >= 0.3 is 0 Å². The number of piperidine rings is 1. The van der Waals surface area contributed by atoms with Crippen LogP contribution in [-0.2, 0) is 19.6 Å². The molecule has 2 amide bonds. The van der Waals surface area contributed by atoms with Crippen LogP contribution in [0.25, 0.3) is 0 Å². The average Bonchev–Trinajstić information content (AvgIpc) is 2.84. The van der Waals surface area contributed by atoms with E-state index in [0.717, 1.165) is 0 Å². The van der Waals surface area contributed by atoms with Crippen LogP contribution in [0, 0.1) is 5.92 Å². The number of hydrogen-bond acceptors (Lipinski definition) is 6. The number of nitrogens with one attached hydrogen (secondary N) is 2. The Morgan fingerprint density at radius 2 is 1.79 bits per heavy atom. The summed E-state index contributed by atoms with van der Waals surface area (Å²) in [6.07, 6.45) is 1.26. The van der Waals surface area contributed by atoms with Crippen LogP contribution in [0.4, 0.5) is 5.69 Å². The summed E-state index contributed by atoms with van der Waals surface area (Å²) in [6, 6.07) is 13.2. The van der Waals surface area contributed by atoms with Crippen molar-refractivity contribution < 1.29 is 27.5 Å². The van der Waals surface area contributed by atoms with Crippen molar-refractivity contribution in [3.05, 3.63) is 48.5 Å². The predicted octanol–water partition coefficient (Wildman–Crippen LogP) is 2.25. The molecule has 0 bridgehead atoms. The molecule has 9 nitrogen and oxygen atoms in total. The van der Waals surface area contributed by atoms with E-state index >= 15 is 0 Å². The lowest BCUT2D eigenvalue weighted by atomic mass is 9.99. The summed E-state index contributed by atoms with van der Waals surface area (Å²) in [5.41, 5.74) is 0.558. The second-order valence-electron chi connectivity index (χ2n) is 7.67. The molecule has 1 atom stereocenters. The van der Waals surface area contributed by atoms with Crippen molar-refractivity contribution in [2.45, 2.75) is 24.2 Å². The van der Waals surface area contributed by atoms with Gasteiger partial charge in [0.1, 0.15) is 11.5 Å². The minimum atomic E-state index is -3.71. The van der Waals surface area contributed by atoms with E-state index in [2.05, 4.69) is 10.6 Å². The fourth-order valence-electron chi connectivity index (χ4n) is 3.68. The Morgan fingerprint density at radius 3 is 2.48 bits per heavy atom. The molecule has 33 heavy (non-hydrogen) atoms. The first-order valence-corrected chi connectivity index (χ1v) is 12.1. The zero-order valence-corrected chi connectivity index (χ0v) is 19.6. The number of nitrogens with zero attached hydrogens (tertiary/aromatic N) is 1. The Labute approximate surface area is 194 Å². The van der Waals surface area contributed by atoms with Crippen LogP contribution >= 0.6 is 0 Å². The highest BCUT2D eigenvalue weighted by Crippen LogP contribution is 2.25. The largest absolute Gasteiger partial charge is 0.497 e. The highest BCUT2D eigenvalue weighted by atomic mass is 32.2. The van der Waals surface area contributed by atoms with Gasteiger partial charge in [0.2, 0.25) is 21.8 Å². The Bertz CT molecular complexity index is 1070. The first-order valence-electron chi connectivity index (χ1n) is 10.7. The van der Waals surface area contributed by atoms with Gasteiger partial charge in [0, 0.05) is 26.1 Å². The molecule has 1 fully saturated rings. The van der Waals surface area contributed by atoms with Crippen LogP contribution in [0.15, 0.2) is 53.4 Å². The lowest BCUT2D eigenvalue weighted by molar-refractivity contribution is -0.126. The molecule has 1 saturated heterocycles. The third-order valence-electron chi connectivity index (χ3n) is 5.48. The number of anilines is 1. The molecule has 0 spiro atoms. The van der Waals surface area contributed by atoms with Gasteiger partial charge in [-0.1, -0.05) is 12.1 Å². The third kappa shape index (κ3) is 6.23. The van der Waals surface area contributed by atoms with Crippen LogP contribution in [0.3, 0.4) is 0 Å². The summed E-state index contributed by atoms with van der Waals surface area (Å²) in [4.78, 5) is 25.0. The number of sulfonamides is 1. The molecule has 2 N–H and O–H groups in total. The van der Waals surface area contributed by atoms with Crippen LogP contribution in [-0.4, -0.2) is 58.4 Å². The SMILES string of the molecule is COc1ccc(S(=O)(=O)N2CCC[C@@H](C(=O)NCCC(=O)Nc3ccccc3OC)C2)cc1. The monoisotopic (exact) mass is 475 g/mol. The van der Waals surface area contributed by atoms with Gasteiger partial charge in [-0.15, -0.1) is 0 Å². The van der Waals surface area contributed by atoms with E-state index in [4.69, 9.17) is 9.47 Å². The van der Waals surface area contributed by atoms with Gasteiger partial charge in [0.05, 0.1) is 30.7 Å². The van der Waals surface area contributed by atoms with Crippen molar-refractivity contribution in [1.29, 1.82) is 0 Å². The van der Waals surface area contributed by atoms with Gasteiger partial charge in [0.25, 0.3) is 0 Å². The molecule has 10 heteroatoms. The molecule has 3 rings (SSSR count). The molecule has 0 radical (unpaired) electrons. The zero-order chi connectivity index (χ0) is 23.8. The number of carbonyl (C=O) groups excluding carboxylic acids is 2. The fraction of sp³-hybridized carbons (Fsp3) is 0.391. The smallest absolute Gasteiger partial charge is 0.243 e. The molecule has 0 saturated carbocycles. The van der Waals surface area contributed by atoms with E-state index in [-0.39, 0.29) is 36.2 Å². The van der Waals surface area contributed by atoms with E-state index in [1.165, 1.54) is 30.7 Å². The van der Waals surface area contributed by atoms with Crippen molar-refractivity contribution in [3.63, 3.8) is 0 Å². The van der Waals surface area contributed by atoms with Gasteiger partial charge in [-0.2, -0.15) is 4.31 Å². The first kappa shape index (κ1) is 24.5. The second-order valence-corrected chi connectivity index (χ2v) is 9.61. The maximum atomic E-state index is 13.0. The average molecular weight is 476 g/mol. The van der Waals surface area contributed by atoms with Crippen molar-refractivity contribution in [3.8, 4) is 11.5 Å². The number of benzene rings is 2. The number of hydrogen-bond donors (Lipinski definition) is 2. The number of amides is 2. The first-order chi connectivity index (χ1) is 15.8. The standard InChI is InChI=1S/C23H29N3O6S/c1-31-18-9-11-19(12-10-18)33(29,30)26-15-5-6-17(16-26)23(28)24-14-13-22(27)25-20-7-3-4-8-21(20)32-2/h3-4,7-12,17H,5-6,13-16H2,1-2H3,(H,24,28)(H,25,27)/t17-/m1/s1. The van der Waals surface area contributed by atoms with E-state index < -0.39 is 15.9 Å². The fourth-order valence-corrected chi connectivity index (χ4v) is 5.20. The Hall–Kier alpha value is -3.11. The van der Waals surface area contributed by atoms with Crippen molar-refractivity contribution >= 4 is 27.5 Å². The van der Waals surface area contributed by atoms with Crippen molar-refractivity contribution in [2.75, 3.05) is 39.2 Å². The molecule has 0 aliphatic carbocycles. The molecule has 2 aromatic rings. The molecule has 178 valence electrons. The predicted molar refractivity (Wildman–Crippen MR) is 124 cm³/mol. The summed E-state index contributed by atoms with van der Waals surface area (Å²) < 4.78 is 37.6. The normalized spacial score (nSPS) is 16.6. The van der Waals surface area contributed by atoms with Crippen LogP contribution in [0.1, 0.15) is 19.3 Å². The summed E-state index contributed by atoms with van der Waals surface area (Å²) in [5.74, 6) is 0.140. The zero-order valence-electron chi connectivity index (χ0n) is 18.7. The molecule has 1 aliphatic rings. The molecular weight excluding hydrogens is 446 g/mol. The van der Waals surface area contributed by atoms with Gasteiger partial charge < -0.3 is 20.1 Å². The number of ether oxygens (including phenoxy) is 2. The molecule has 1 aliphatic heterocycles. The third-order valence-corrected chi connectivity index (χ3v) is 7.36. The number of methoxy groups -OCH3 is 2. The highest BCUT2D eigenvalue weighted by molar-refractivity contribution is 7.89. The van der Waals surface area contributed by atoms with Gasteiger partial charge in [-0.3, -0.25) is 9.59 Å². The van der Waals surface area contributed by atoms with Crippen molar-refractivity contribution in [2.24, 2.45) is 5.92 Å². The molecular formula is C23H29N3O6S. The second kappa shape index (κ2) is 11.2. The number of carbonyl (C=O) groups is 2. The molecule has 0 aromatic heterocycles. The van der Waals surface area contributed by atoms with Crippen molar-refractivity contribution in [1.82, 2.24) is 9.62 Å². The Kier molecular flexibility index (Phi) is 8.29. The van der Waals surface area contributed by atoms with E-state index in [0.29, 0.717) is 36.6 Å². The molecule has 0 unspecified atom stereocenters. The lowest BCUT2D eigenvalue weighted by Crippen LogP contribution is -2.45. The van der Waals surface area contributed by atoms with E-state index in [9.17, 15) is 18.0 Å². The van der Waals surface area contributed by atoms with Gasteiger partial charge in [-0.25, -0.2) is 8.42 Å². The lowest BCUT2D eigenvalue weighted by Gasteiger charge is -2.31. The van der Waals surface area contributed by atoms with E-state index in [1.807, 2.05) is 0 Å². The van der Waals surface area contributed by atoms with Gasteiger partial charge in [-0.05, 0) is 49.2 Å².